The van der Waals surface area contributed by atoms with E-state index < -0.39 is 0 Å². The average molecular weight is 539 g/mol. The molecule has 8 radical (unpaired) electrons. The summed E-state index contributed by atoms with van der Waals surface area (Å²) in [7, 11) is 16.0. The first-order valence-electron chi connectivity index (χ1n) is 6.64. The van der Waals surface area contributed by atoms with E-state index in [0.717, 1.165) is 32.6 Å². The number of terminal acetylenes is 2. The van der Waals surface area contributed by atoms with E-state index in [9.17, 15) is 0 Å². The Morgan fingerprint density at radius 2 is 1.38 bits per heavy atom. The van der Waals surface area contributed by atoms with Gasteiger partial charge in [0.25, 0.3) is 0 Å². The Bertz CT molecular complexity index is 131. The SMILES string of the molecule is C.C.C#C.C#C.CCCNCCN.[B][B].[B][B].[CH2-]CC[N-]CC[NH-].[CH3-].[Pt+4]. The molecule has 0 amide bonds. The smallest absolute Gasteiger partial charge is 0.679 e. The molecule has 9 heteroatoms. The predicted octanol–water partition coefficient (Wildman–Crippen LogP) is 2.28. The van der Waals surface area contributed by atoms with E-state index in [1.54, 1.807) is 0 Å². The summed E-state index contributed by atoms with van der Waals surface area (Å²) in [6.07, 6.45) is 18.1. The molecule has 0 aromatic rings. The largest absolute Gasteiger partial charge is 4.00 e. The third kappa shape index (κ3) is 201. The number of nitrogens with two attached hydrogens (primary N) is 1. The molecule has 0 atom stereocenters. The van der Waals surface area contributed by atoms with Crippen molar-refractivity contribution in [3.8, 4) is 25.7 Å². The van der Waals surface area contributed by atoms with Crippen molar-refractivity contribution < 1.29 is 21.1 Å². The Kier molecular flexibility index (Phi) is 354. The van der Waals surface area contributed by atoms with Gasteiger partial charge in [0.15, 0.2) is 0 Å². The zero-order chi connectivity index (χ0) is 19.1. The predicted molar refractivity (Wildman–Crippen MR) is 127 cm³/mol. The number of nitrogens with zero attached hydrogens (tertiary/aromatic N) is 1. The summed E-state index contributed by atoms with van der Waals surface area (Å²) in [5.74, 6) is 0. The second kappa shape index (κ2) is 145. The van der Waals surface area contributed by atoms with Crippen LogP contribution in [0.3, 0.4) is 0 Å². The first-order chi connectivity index (χ1) is 10.8. The molecule has 0 aliphatic carbocycles. The van der Waals surface area contributed by atoms with Gasteiger partial charge in [-0.1, -0.05) is 21.8 Å². The molecule has 4 N–H and O–H groups in total. The quantitative estimate of drug-likeness (QED) is 0.215. The van der Waals surface area contributed by atoms with Crippen molar-refractivity contribution in [3.63, 3.8) is 0 Å². The van der Waals surface area contributed by atoms with Gasteiger partial charge in [-0.2, -0.15) is 19.6 Å². The molecule has 150 valence electrons. The van der Waals surface area contributed by atoms with Crippen LogP contribution in [0.5, 0.6) is 0 Å². The van der Waals surface area contributed by atoms with Crippen LogP contribution in [-0.4, -0.2) is 70.2 Å². The maximum Gasteiger partial charge on any atom is 4.00 e. The van der Waals surface area contributed by atoms with Crippen molar-refractivity contribution in [1.82, 2.24) is 5.32 Å². The molecule has 0 aromatic heterocycles. The molecule has 0 unspecified atom stereocenters. The van der Waals surface area contributed by atoms with E-state index in [1.165, 1.54) is 6.42 Å². The topological polar surface area (TPSA) is 76.0 Å². The molecule has 0 saturated heterocycles. The molecule has 0 fully saturated rings. The van der Waals surface area contributed by atoms with Gasteiger partial charge in [0, 0.05) is 44.0 Å². The fraction of sp³-hybridized carbons (Fsp3) is 0.647. The van der Waals surface area contributed by atoms with Gasteiger partial charge in [0.1, 0.15) is 0 Å². The van der Waals surface area contributed by atoms with Crippen molar-refractivity contribution in [3.05, 3.63) is 25.4 Å². The summed E-state index contributed by atoms with van der Waals surface area (Å²) in [5, 5.41) is 7.12. The van der Waals surface area contributed by atoms with Gasteiger partial charge >= 0.3 is 21.1 Å². The van der Waals surface area contributed by atoms with Crippen LogP contribution in [0, 0.1) is 40.0 Å². The standard InChI is InChI=1S/C5H14N2.C5H11N2.2C2H2.2CH4.CH3.2B2.Pt/c2*1-2-4-7-5-3-6;2*1-2;;;;2*1-2;/h7H,2-6H2,1H3;6H,1-5H2;2*1-2H;2*1H4;1H3;;;/q;-3;;;;;-1;;;+4. The summed E-state index contributed by atoms with van der Waals surface area (Å²) in [6.45, 7) is 10.5. The van der Waals surface area contributed by atoms with Crippen LogP contribution in [0.25, 0.3) is 11.1 Å². The molecule has 26 heavy (non-hydrogen) atoms. The number of hydrogen-bond donors (Lipinski definition) is 2. The van der Waals surface area contributed by atoms with E-state index in [4.69, 9.17) is 11.5 Å². The van der Waals surface area contributed by atoms with Crippen LogP contribution in [0.15, 0.2) is 0 Å². The molecular formula is C17H40B4N4Pt. The Morgan fingerprint density at radius 3 is 1.62 bits per heavy atom. The molecule has 0 heterocycles. The summed E-state index contributed by atoms with van der Waals surface area (Å²) < 4.78 is 0. The van der Waals surface area contributed by atoms with Crippen molar-refractivity contribution in [2.45, 2.75) is 34.6 Å². The van der Waals surface area contributed by atoms with Crippen molar-refractivity contribution in [2.75, 3.05) is 39.3 Å². The molecule has 0 aliphatic heterocycles. The number of nitrogens with one attached hydrogen (secondary N) is 2. The van der Waals surface area contributed by atoms with E-state index in [0.29, 0.717) is 13.1 Å². The fourth-order valence-electron chi connectivity index (χ4n) is 0.707. The molecule has 0 aliphatic rings. The van der Waals surface area contributed by atoms with Gasteiger partial charge in [0.2, 0.25) is 0 Å². The van der Waals surface area contributed by atoms with Crippen molar-refractivity contribution in [2.24, 2.45) is 5.73 Å². The first-order valence-corrected chi connectivity index (χ1v) is 6.64. The summed E-state index contributed by atoms with van der Waals surface area (Å²) in [5.41, 5.74) is 11.9. The zero-order valence-corrected chi connectivity index (χ0v) is 17.6. The van der Waals surface area contributed by atoms with E-state index in [-0.39, 0.29) is 43.3 Å². The van der Waals surface area contributed by atoms with Gasteiger partial charge in [-0.25, -0.2) is 6.42 Å². The van der Waals surface area contributed by atoms with Gasteiger partial charge in [-0.15, -0.1) is 25.7 Å². The van der Waals surface area contributed by atoms with Gasteiger partial charge in [-0.05, 0) is 13.0 Å². The Balaban J connectivity index is -0.0000000160. The van der Waals surface area contributed by atoms with E-state index >= 15 is 0 Å². The second-order valence-corrected chi connectivity index (χ2v) is 2.81. The average Bonchev–Trinajstić information content (AvgIpc) is 2.63. The molecule has 0 bridgehead atoms. The molecule has 0 spiro atoms. The van der Waals surface area contributed by atoms with Crippen LogP contribution < -0.4 is 11.1 Å². The second-order valence-electron chi connectivity index (χ2n) is 2.81. The fourth-order valence-corrected chi connectivity index (χ4v) is 0.707. The normalized spacial score (nSPS) is 5.54. The maximum atomic E-state index is 6.67. The monoisotopic (exact) mass is 539 g/mol. The summed E-state index contributed by atoms with van der Waals surface area (Å²) >= 11 is 0. The van der Waals surface area contributed by atoms with E-state index in [1.807, 2.05) is 0 Å². The van der Waals surface area contributed by atoms with Crippen LogP contribution in [0.4, 0.5) is 0 Å². The summed E-state index contributed by atoms with van der Waals surface area (Å²) in [6, 6.07) is 0. The van der Waals surface area contributed by atoms with Crippen LogP contribution in [-0.2, 0) is 21.1 Å². The minimum absolute atomic E-state index is 0. The van der Waals surface area contributed by atoms with Crippen LogP contribution in [0.2, 0.25) is 0 Å². The molecule has 0 saturated carbocycles. The van der Waals surface area contributed by atoms with Crippen molar-refractivity contribution >= 4 is 30.9 Å². The van der Waals surface area contributed by atoms with E-state index in [2.05, 4.69) is 81.1 Å². The maximum absolute atomic E-state index is 6.67. The van der Waals surface area contributed by atoms with Gasteiger partial charge < -0.3 is 36.5 Å². The third-order valence-corrected chi connectivity index (χ3v) is 1.33. The van der Waals surface area contributed by atoms with Crippen LogP contribution in [0.1, 0.15) is 34.6 Å². The Hall–Kier alpha value is -0.0919. The number of rotatable bonds is 8. The van der Waals surface area contributed by atoms with Crippen LogP contribution >= 0.6 is 0 Å². The summed E-state index contributed by atoms with van der Waals surface area (Å²) in [4.78, 5) is 0. The minimum Gasteiger partial charge on any atom is -0.679 e. The third-order valence-electron chi connectivity index (χ3n) is 1.33. The van der Waals surface area contributed by atoms with Gasteiger partial charge in [0.05, 0.1) is 0 Å². The van der Waals surface area contributed by atoms with Gasteiger partial charge in [-0.3, -0.25) is 0 Å². The molecule has 0 aromatic carbocycles. The Morgan fingerprint density at radius 1 is 1.00 bits per heavy atom. The molecular weight excluding hydrogens is 499 g/mol. The Labute approximate surface area is 187 Å². The first kappa shape index (κ1) is 63.5. The molecule has 0 rings (SSSR count). The number of hydrogen-bond acceptors (Lipinski definition) is 2. The van der Waals surface area contributed by atoms with Crippen molar-refractivity contribution in [1.29, 1.82) is 0 Å². The molecule has 4 nitrogen and oxygen atoms in total. The minimum atomic E-state index is 0. The zero-order valence-electron chi connectivity index (χ0n) is 15.3.